The Hall–Kier alpha value is -4.82. The Labute approximate surface area is 215 Å². The molecule has 0 bridgehead atoms. The average molecular weight is 474 g/mol. The van der Waals surface area contributed by atoms with Crippen molar-refractivity contribution in [2.75, 3.05) is 5.32 Å². The van der Waals surface area contributed by atoms with Crippen LogP contribution in [0.2, 0.25) is 0 Å². The molecule has 1 aliphatic carbocycles. The maximum absolute atomic E-state index is 6.61. The van der Waals surface area contributed by atoms with Crippen molar-refractivity contribution in [1.82, 2.24) is 0 Å². The highest BCUT2D eigenvalue weighted by atomic mass is 16.5. The maximum Gasteiger partial charge on any atom is 0.132 e. The Morgan fingerprint density at radius 2 is 1.16 bits per heavy atom. The third-order valence-corrected chi connectivity index (χ3v) is 7.88. The summed E-state index contributed by atoms with van der Waals surface area (Å²) in [6, 6.07) is 47.5. The molecule has 0 amide bonds. The van der Waals surface area contributed by atoms with Crippen molar-refractivity contribution >= 4 is 22.1 Å². The minimum absolute atomic E-state index is 0.478. The highest BCUT2D eigenvalue weighted by Gasteiger charge is 2.51. The minimum atomic E-state index is -0.478. The normalized spacial score (nSPS) is 16.4. The lowest BCUT2D eigenvalue weighted by molar-refractivity contribution is 0.437. The summed E-state index contributed by atoms with van der Waals surface area (Å²) in [6.45, 7) is 0. The summed E-state index contributed by atoms with van der Waals surface area (Å²) in [5.41, 5.74) is 9.15. The lowest BCUT2D eigenvalue weighted by Crippen LogP contribution is -2.32. The minimum Gasteiger partial charge on any atom is -0.457 e. The molecule has 8 rings (SSSR count). The number of hydrogen-bond acceptors (Lipinski definition) is 2. The summed E-state index contributed by atoms with van der Waals surface area (Å²) in [4.78, 5) is 0. The van der Waals surface area contributed by atoms with Crippen LogP contribution in [0.5, 0.6) is 11.5 Å². The van der Waals surface area contributed by atoms with Gasteiger partial charge in [-0.1, -0.05) is 97.1 Å². The molecule has 0 fully saturated rings. The molecule has 1 atom stereocenters. The first-order valence-corrected chi connectivity index (χ1v) is 12.7. The van der Waals surface area contributed by atoms with Crippen LogP contribution in [0, 0.1) is 0 Å². The largest absolute Gasteiger partial charge is 0.457 e. The van der Waals surface area contributed by atoms with E-state index < -0.39 is 5.41 Å². The van der Waals surface area contributed by atoms with E-state index in [1.165, 1.54) is 44.2 Å². The topological polar surface area (TPSA) is 21.3 Å². The maximum atomic E-state index is 6.61. The van der Waals surface area contributed by atoms with Crippen LogP contribution in [0.4, 0.5) is 11.4 Å². The molecule has 1 heterocycles. The van der Waals surface area contributed by atoms with Crippen LogP contribution in [0.25, 0.3) is 21.9 Å². The van der Waals surface area contributed by atoms with E-state index in [9.17, 15) is 0 Å². The second-order valence-corrected chi connectivity index (χ2v) is 9.81. The van der Waals surface area contributed by atoms with Crippen molar-refractivity contribution in [3.8, 4) is 22.6 Å². The van der Waals surface area contributed by atoms with Crippen LogP contribution < -0.4 is 10.1 Å². The summed E-state index contributed by atoms with van der Waals surface area (Å²) in [6.07, 6.45) is 0. The first-order valence-electron chi connectivity index (χ1n) is 12.7. The third-order valence-electron chi connectivity index (χ3n) is 7.88. The summed E-state index contributed by atoms with van der Waals surface area (Å²) in [5, 5.41) is 6.11. The zero-order valence-corrected chi connectivity index (χ0v) is 20.1. The fraction of sp³-hybridized carbons (Fsp3) is 0.0286. The second-order valence-electron chi connectivity index (χ2n) is 9.81. The predicted octanol–water partition coefficient (Wildman–Crippen LogP) is 9.05. The van der Waals surface area contributed by atoms with E-state index in [0.717, 1.165) is 22.9 Å². The van der Waals surface area contributed by atoms with Crippen molar-refractivity contribution in [2.24, 2.45) is 0 Å². The van der Waals surface area contributed by atoms with Crippen molar-refractivity contribution in [1.29, 1.82) is 0 Å². The van der Waals surface area contributed by atoms with Gasteiger partial charge in [0.05, 0.1) is 5.41 Å². The van der Waals surface area contributed by atoms with Gasteiger partial charge in [0.25, 0.3) is 0 Å². The molecular weight excluding hydrogens is 450 g/mol. The molecule has 0 aromatic heterocycles. The highest BCUT2D eigenvalue weighted by molar-refractivity contribution is 5.97. The first kappa shape index (κ1) is 20.4. The number of anilines is 2. The van der Waals surface area contributed by atoms with Gasteiger partial charge in [-0.05, 0) is 63.9 Å². The molecule has 0 saturated heterocycles. The van der Waals surface area contributed by atoms with Gasteiger partial charge < -0.3 is 10.1 Å². The van der Waals surface area contributed by atoms with E-state index in [1.54, 1.807) is 0 Å². The molecule has 6 aromatic rings. The fourth-order valence-corrected chi connectivity index (χ4v) is 6.42. The fourth-order valence-electron chi connectivity index (χ4n) is 6.42. The number of benzene rings is 6. The Morgan fingerprint density at radius 3 is 2.03 bits per heavy atom. The van der Waals surface area contributed by atoms with Gasteiger partial charge in [0.2, 0.25) is 0 Å². The molecule has 2 aliphatic rings. The average Bonchev–Trinajstić information content (AvgIpc) is 3.25. The summed E-state index contributed by atoms with van der Waals surface area (Å²) in [5.74, 6) is 1.83. The van der Waals surface area contributed by atoms with E-state index in [-0.39, 0.29) is 0 Å². The molecule has 0 radical (unpaired) electrons. The zero-order chi connectivity index (χ0) is 24.4. The summed E-state index contributed by atoms with van der Waals surface area (Å²) >= 11 is 0. The molecule has 1 spiro atoms. The number of ether oxygens (including phenoxy) is 1. The molecule has 1 unspecified atom stereocenters. The van der Waals surface area contributed by atoms with E-state index in [4.69, 9.17) is 4.74 Å². The Bertz CT molecular complexity index is 1840. The molecule has 0 saturated carbocycles. The van der Waals surface area contributed by atoms with Gasteiger partial charge in [-0.2, -0.15) is 0 Å². The van der Waals surface area contributed by atoms with Crippen LogP contribution in [0.1, 0.15) is 22.3 Å². The van der Waals surface area contributed by atoms with Gasteiger partial charge in [0.1, 0.15) is 11.5 Å². The van der Waals surface area contributed by atoms with Crippen LogP contribution in [0.3, 0.4) is 0 Å². The van der Waals surface area contributed by atoms with Gasteiger partial charge >= 0.3 is 0 Å². The zero-order valence-electron chi connectivity index (χ0n) is 20.1. The standard InChI is InChI=1S/C35H23NO/c1-2-13-25(14-3-1)36-31-19-10-18-29-34(31)26-15-6-7-16-27(26)35(29)28-17-8-9-20-32(28)37-33-22-24-12-5-4-11-23(24)21-30(33)35/h1-22,36H. The molecule has 174 valence electrons. The van der Waals surface area contributed by atoms with Crippen LogP contribution in [-0.4, -0.2) is 0 Å². The summed E-state index contributed by atoms with van der Waals surface area (Å²) in [7, 11) is 0. The van der Waals surface area contributed by atoms with E-state index in [2.05, 4.69) is 133 Å². The van der Waals surface area contributed by atoms with Crippen LogP contribution in [-0.2, 0) is 5.41 Å². The second kappa shape index (κ2) is 7.59. The van der Waals surface area contributed by atoms with E-state index in [0.29, 0.717) is 0 Å². The lowest BCUT2D eigenvalue weighted by atomic mass is 9.66. The number of para-hydroxylation sites is 2. The quantitative estimate of drug-likeness (QED) is 0.270. The summed E-state index contributed by atoms with van der Waals surface area (Å²) < 4.78 is 6.61. The van der Waals surface area contributed by atoms with Crippen molar-refractivity contribution in [2.45, 2.75) is 5.41 Å². The smallest absolute Gasteiger partial charge is 0.132 e. The Balaban J connectivity index is 1.50. The SMILES string of the molecule is c1ccc(Nc2cccc3c2-c2ccccc2C32c3ccccc3Oc3cc4ccccc4cc32)cc1. The van der Waals surface area contributed by atoms with Gasteiger partial charge in [0.15, 0.2) is 0 Å². The molecule has 2 nitrogen and oxygen atoms in total. The lowest BCUT2D eigenvalue weighted by Gasteiger charge is -2.39. The molecular formula is C35H23NO. The number of rotatable bonds is 2. The third kappa shape index (κ3) is 2.75. The van der Waals surface area contributed by atoms with Gasteiger partial charge in [-0.15, -0.1) is 0 Å². The Morgan fingerprint density at radius 1 is 0.486 bits per heavy atom. The molecule has 2 heteroatoms. The molecule has 1 N–H and O–H groups in total. The first-order chi connectivity index (χ1) is 18.3. The van der Waals surface area contributed by atoms with Crippen LogP contribution in [0.15, 0.2) is 133 Å². The van der Waals surface area contributed by atoms with Gasteiger partial charge in [0, 0.05) is 28.1 Å². The van der Waals surface area contributed by atoms with Crippen molar-refractivity contribution in [3.05, 3.63) is 156 Å². The number of fused-ring (bicyclic) bond motifs is 10. The number of nitrogens with one attached hydrogen (secondary N) is 1. The van der Waals surface area contributed by atoms with E-state index in [1.807, 2.05) is 6.07 Å². The monoisotopic (exact) mass is 473 g/mol. The highest BCUT2D eigenvalue weighted by Crippen LogP contribution is 2.63. The van der Waals surface area contributed by atoms with Crippen LogP contribution >= 0.6 is 0 Å². The van der Waals surface area contributed by atoms with Crippen molar-refractivity contribution in [3.63, 3.8) is 0 Å². The van der Waals surface area contributed by atoms with Gasteiger partial charge in [-0.25, -0.2) is 0 Å². The van der Waals surface area contributed by atoms with E-state index >= 15 is 0 Å². The Kier molecular flexibility index (Phi) is 4.18. The van der Waals surface area contributed by atoms with Crippen molar-refractivity contribution < 1.29 is 4.74 Å². The van der Waals surface area contributed by atoms with Gasteiger partial charge in [-0.3, -0.25) is 0 Å². The molecule has 1 aliphatic heterocycles. The number of hydrogen-bond donors (Lipinski definition) is 1. The predicted molar refractivity (Wildman–Crippen MR) is 151 cm³/mol. The molecule has 6 aromatic carbocycles. The molecule has 37 heavy (non-hydrogen) atoms.